The van der Waals surface area contributed by atoms with E-state index < -0.39 is 5.60 Å². The molecule has 0 N–H and O–H groups in total. The van der Waals surface area contributed by atoms with Crippen LogP contribution < -0.4 is 0 Å². The molecule has 2 aromatic rings. The number of hydrogen-bond donors (Lipinski definition) is 0. The van der Waals surface area contributed by atoms with Gasteiger partial charge in [0, 0.05) is 19.9 Å². The van der Waals surface area contributed by atoms with Gasteiger partial charge in [-0.15, -0.1) is 5.10 Å². The van der Waals surface area contributed by atoms with Gasteiger partial charge < -0.3 is 9.26 Å². The van der Waals surface area contributed by atoms with E-state index in [0.717, 1.165) is 25.1 Å². The number of nitrogens with zero attached hydrogens (tertiary/aromatic N) is 5. The Balaban J connectivity index is 1.77. The van der Waals surface area contributed by atoms with E-state index in [-0.39, 0.29) is 0 Å². The molecule has 0 bridgehead atoms. The van der Waals surface area contributed by atoms with E-state index in [1.54, 1.807) is 4.68 Å². The fraction of sp³-hybridized carbons (Fsp3) is 0.636. The number of ether oxygens (including phenoxy) is 1. The van der Waals surface area contributed by atoms with Gasteiger partial charge in [-0.05, 0) is 19.8 Å². The quantitative estimate of drug-likeness (QED) is 0.801. The first-order valence-corrected chi connectivity index (χ1v) is 5.98. The third kappa shape index (κ3) is 2.01. The molecule has 1 atom stereocenters. The van der Waals surface area contributed by atoms with Crippen molar-refractivity contribution in [2.45, 2.75) is 31.8 Å². The summed E-state index contributed by atoms with van der Waals surface area (Å²) in [6.45, 7) is 2.73. The maximum absolute atomic E-state index is 5.67. The van der Waals surface area contributed by atoms with Crippen LogP contribution in [0.5, 0.6) is 0 Å². The second-order valence-corrected chi connectivity index (χ2v) is 4.76. The predicted molar refractivity (Wildman–Crippen MR) is 60.6 cm³/mol. The lowest BCUT2D eigenvalue weighted by molar-refractivity contribution is -0.00937. The second kappa shape index (κ2) is 4.16. The molecule has 1 saturated heterocycles. The van der Waals surface area contributed by atoms with Crippen molar-refractivity contribution in [2.24, 2.45) is 7.05 Å². The summed E-state index contributed by atoms with van der Waals surface area (Å²) in [6, 6.07) is 0. The lowest BCUT2D eigenvalue weighted by Gasteiger charge is -2.16. The highest BCUT2D eigenvalue weighted by molar-refractivity contribution is 5.06. The molecule has 1 aliphatic rings. The van der Waals surface area contributed by atoms with Crippen molar-refractivity contribution in [1.82, 2.24) is 25.1 Å². The maximum atomic E-state index is 5.67. The van der Waals surface area contributed by atoms with Gasteiger partial charge in [-0.3, -0.25) is 4.68 Å². The number of aromatic nitrogens is 5. The average molecular weight is 249 g/mol. The van der Waals surface area contributed by atoms with Gasteiger partial charge in [0.15, 0.2) is 5.82 Å². The number of rotatable bonds is 3. The SMILES string of the molecule is Cn1cc(Cc2noc(C3(C)CCCO3)n2)nn1. The zero-order valence-corrected chi connectivity index (χ0v) is 10.5. The zero-order valence-electron chi connectivity index (χ0n) is 10.5. The number of aryl methyl sites for hydroxylation is 1. The third-order valence-corrected chi connectivity index (χ3v) is 3.13. The van der Waals surface area contributed by atoms with Crippen molar-refractivity contribution in [3.05, 3.63) is 23.6 Å². The molecule has 1 aliphatic heterocycles. The summed E-state index contributed by atoms with van der Waals surface area (Å²) < 4.78 is 12.6. The number of hydrogen-bond acceptors (Lipinski definition) is 6. The first-order valence-electron chi connectivity index (χ1n) is 5.98. The van der Waals surface area contributed by atoms with Crippen molar-refractivity contribution >= 4 is 0 Å². The molecule has 0 saturated carbocycles. The Labute approximate surface area is 104 Å². The Hall–Kier alpha value is -1.76. The monoisotopic (exact) mass is 249 g/mol. The van der Waals surface area contributed by atoms with Gasteiger partial charge >= 0.3 is 0 Å². The first-order chi connectivity index (χ1) is 8.66. The normalized spacial score (nSPS) is 23.7. The van der Waals surface area contributed by atoms with Gasteiger partial charge in [-0.1, -0.05) is 10.4 Å². The highest BCUT2D eigenvalue weighted by Gasteiger charge is 2.37. The van der Waals surface area contributed by atoms with Crippen LogP contribution in [0.3, 0.4) is 0 Å². The summed E-state index contributed by atoms with van der Waals surface area (Å²) in [5, 5.41) is 11.8. The van der Waals surface area contributed by atoms with Crippen LogP contribution in [-0.2, 0) is 23.8 Å². The van der Waals surface area contributed by atoms with Crippen molar-refractivity contribution in [1.29, 1.82) is 0 Å². The van der Waals surface area contributed by atoms with Crippen LogP contribution in [0.25, 0.3) is 0 Å². The Morgan fingerprint density at radius 3 is 3.06 bits per heavy atom. The summed E-state index contributed by atoms with van der Waals surface area (Å²) in [7, 11) is 1.82. The smallest absolute Gasteiger partial charge is 0.258 e. The molecular formula is C11H15N5O2. The van der Waals surface area contributed by atoms with Crippen molar-refractivity contribution < 1.29 is 9.26 Å². The minimum Gasteiger partial charge on any atom is -0.365 e. The Kier molecular flexibility index (Phi) is 2.62. The van der Waals surface area contributed by atoms with E-state index in [0.29, 0.717) is 18.1 Å². The van der Waals surface area contributed by atoms with Crippen molar-refractivity contribution in [3.8, 4) is 0 Å². The zero-order chi connectivity index (χ0) is 12.6. The van der Waals surface area contributed by atoms with Crippen molar-refractivity contribution in [3.63, 3.8) is 0 Å². The summed E-state index contributed by atoms with van der Waals surface area (Å²) >= 11 is 0. The van der Waals surface area contributed by atoms with Crippen LogP contribution in [0.4, 0.5) is 0 Å². The molecule has 1 fully saturated rings. The van der Waals surface area contributed by atoms with Gasteiger partial charge in [-0.2, -0.15) is 4.98 Å². The standard InChI is InChI=1S/C11H15N5O2/c1-11(4-3-5-17-11)10-12-9(14-18-10)6-8-7-16(2)15-13-8/h7H,3-6H2,1-2H3. The molecule has 0 aliphatic carbocycles. The molecule has 3 heterocycles. The van der Waals surface area contributed by atoms with Crippen LogP contribution in [0.15, 0.2) is 10.7 Å². The fourth-order valence-corrected chi connectivity index (χ4v) is 2.13. The van der Waals surface area contributed by atoms with Crippen molar-refractivity contribution in [2.75, 3.05) is 6.61 Å². The Morgan fingerprint density at radius 1 is 1.50 bits per heavy atom. The summed E-state index contributed by atoms with van der Waals surface area (Å²) in [6.07, 6.45) is 4.30. The van der Waals surface area contributed by atoms with E-state index in [1.807, 2.05) is 20.2 Å². The molecule has 3 rings (SSSR count). The molecule has 0 spiro atoms. The molecular weight excluding hydrogens is 234 g/mol. The van der Waals surface area contributed by atoms with E-state index in [4.69, 9.17) is 9.26 Å². The van der Waals surface area contributed by atoms with Gasteiger partial charge in [-0.25, -0.2) is 0 Å². The molecule has 0 radical (unpaired) electrons. The topological polar surface area (TPSA) is 78.9 Å². The maximum Gasteiger partial charge on any atom is 0.258 e. The minimum atomic E-state index is -0.423. The van der Waals surface area contributed by atoms with E-state index >= 15 is 0 Å². The summed E-state index contributed by atoms with van der Waals surface area (Å²) in [5.41, 5.74) is 0.399. The predicted octanol–water partition coefficient (Wildman–Crippen LogP) is 0.814. The molecule has 1 unspecified atom stereocenters. The fourth-order valence-electron chi connectivity index (χ4n) is 2.13. The van der Waals surface area contributed by atoms with Crippen LogP contribution in [-0.4, -0.2) is 31.7 Å². The summed E-state index contributed by atoms with van der Waals surface area (Å²) in [5.74, 6) is 1.17. The molecule has 0 aromatic carbocycles. The van der Waals surface area contributed by atoms with Crippen LogP contribution in [0.2, 0.25) is 0 Å². The van der Waals surface area contributed by atoms with E-state index in [2.05, 4.69) is 20.5 Å². The molecule has 96 valence electrons. The molecule has 7 nitrogen and oxygen atoms in total. The Morgan fingerprint density at radius 2 is 2.39 bits per heavy atom. The van der Waals surface area contributed by atoms with Gasteiger partial charge in [0.2, 0.25) is 0 Å². The van der Waals surface area contributed by atoms with Gasteiger partial charge in [0.25, 0.3) is 5.89 Å². The average Bonchev–Trinajstić information content (AvgIpc) is 3.02. The van der Waals surface area contributed by atoms with Crippen LogP contribution in [0, 0.1) is 0 Å². The van der Waals surface area contributed by atoms with Gasteiger partial charge in [0.05, 0.1) is 12.1 Å². The van der Waals surface area contributed by atoms with Crippen LogP contribution >= 0.6 is 0 Å². The Bertz CT molecular complexity index is 541. The lowest BCUT2D eigenvalue weighted by atomic mass is 10.0. The minimum absolute atomic E-state index is 0.423. The van der Waals surface area contributed by atoms with Crippen LogP contribution in [0.1, 0.15) is 37.2 Å². The molecule has 0 amide bonds. The van der Waals surface area contributed by atoms with Gasteiger partial charge in [0.1, 0.15) is 5.60 Å². The highest BCUT2D eigenvalue weighted by atomic mass is 16.5. The highest BCUT2D eigenvalue weighted by Crippen LogP contribution is 2.34. The molecule has 18 heavy (non-hydrogen) atoms. The largest absolute Gasteiger partial charge is 0.365 e. The lowest BCUT2D eigenvalue weighted by Crippen LogP contribution is -2.20. The molecule has 2 aromatic heterocycles. The first kappa shape index (κ1) is 11.3. The van der Waals surface area contributed by atoms with E-state index in [1.165, 1.54) is 0 Å². The third-order valence-electron chi connectivity index (χ3n) is 3.13. The summed E-state index contributed by atoms with van der Waals surface area (Å²) in [4.78, 5) is 4.39. The second-order valence-electron chi connectivity index (χ2n) is 4.76. The molecule has 7 heteroatoms. The van der Waals surface area contributed by atoms with E-state index in [9.17, 15) is 0 Å².